The fraction of sp³-hybridized carbons (Fsp3) is 0.333. The summed E-state index contributed by atoms with van der Waals surface area (Å²) in [5.74, 6) is 0.0808. The van der Waals surface area contributed by atoms with Crippen molar-refractivity contribution in [1.29, 1.82) is 0 Å². The number of hydrogen-bond acceptors (Lipinski definition) is 4. The second-order valence-corrected chi connectivity index (χ2v) is 8.26. The Labute approximate surface area is 142 Å². The highest BCUT2D eigenvalue weighted by Gasteiger charge is 2.34. The molecule has 1 aliphatic heterocycles. The van der Waals surface area contributed by atoms with E-state index in [0.29, 0.717) is 24.9 Å². The quantitative estimate of drug-likeness (QED) is 0.831. The van der Waals surface area contributed by atoms with Crippen LogP contribution in [0.2, 0.25) is 0 Å². The Morgan fingerprint density at radius 1 is 1.12 bits per heavy atom. The second-order valence-electron chi connectivity index (χ2n) is 6.03. The minimum Gasteiger partial charge on any atom is -0.334 e. The fourth-order valence-electron chi connectivity index (χ4n) is 3.03. The first-order chi connectivity index (χ1) is 11.6. The third-order valence-corrected chi connectivity index (χ3v) is 6.07. The number of aromatic nitrogens is 1. The minimum atomic E-state index is -3.05. The van der Waals surface area contributed by atoms with Gasteiger partial charge in [0.25, 0.3) is 5.91 Å². The summed E-state index contributed by atoms with van der Waals surface area (Å²) < 4.78 is 23.7. The van der Waals surface area contributed by atoms with Crippen molar-refractivity contribution < 1.29 is 13.2 Å². The van der Waals surface area contributed by atoms with Crippen molar-refractivity contribution >= 4 is 15.7 Å². The third kappa shape index (κ3) is 4.00. The number of hydrogen-bond donors (Lipinski definition) is 0. The van der Waals surface area contributed by atoms with Gasteiger partial charge in [0.1, 0.15) is 0 Å². The van der Waals surface area contributed by atoms with Gasteiger partial charge in [0.05, 0.1) is 11.5 Å². The highest BCUT2D eigenvalue weighted by atomic mass is 32.2. The lowest BCUT2D eigenvalue weighted by atomic mass is 10.1. The van der Waals surface area contributed by atoms with Gasteiger partial charge >= 0.3 is 0 Å². The molecule has 0 spiro atoms. The summed E-state index contributed by atoms with van der Waals surface area (Å²) >= 11 is 0. The zero-order chi connectivity index (χ0) is 17.0. The van der Waals surface area contributed by atoms with E-state index in [-0.39, 0.29) is 23.5 Å². The number of amides is 1. The summed E-state index contributed by atoms with van der Waals surface area (Å²) in [6.07, 6.45) is 4.37. The van der Waals surface area contributed by atoms with E-state index in [1.165, 1.54) is 0 Å². The van der Waals surface area contributed by atoms with E-state index in [4.69, 9.17) is 0 Å². The summed E-state index contributed by atoms with van der Waals surface area (Å²) in [5.41, 5.74) is 1.67. The average Bonchev–Trinajstić information content (AvgIpc) is 2.96. The van der Waals surface area contributed by atoms with Crippen LogP contribution in [0.3, 0.4) is 0 Å². The van der Waals surface area contributed by atoms with Gasteiger partial charge in [0.2, 0.25) is 0 Å². The maximum Gasteiger partial charge on any atom is 0.254 e. The summed E-state index contributed by atoms with van der Waals surface area (Å²) in [5, 5.41) is 0. The summed E-state index contributed by atoms with van der Waals surface area (Å²) in [4.78, 5) is 18.5. The Balaban J connectivity index is 1.79. The van der Waals surface area contributed by atoms with Crippen molar-refractivity contribution in [2.45, 2.75) is 18.9 Å². The van der Waals surface area contributed by atoms with Gasteiger partial charge in [-0.05, 0) is 30.5 Å². The largest absolute Gasteiger partial charge is 0.334 e. The molecule has 1 saturated heterocycles. The van der Waals surface area contributed by atoms with Crippen molar-refractivity contribution in [3.63, 3.8) is 0 Å². The summed E-state index contributed by atoms with van der Waals surface area (Å²) in [7, 11) is -3.05. The zero-order valence-electron chi connectivity index (χ0n) is 13.3. The van der Waals surface area contributed by atoms with Crippen LogP contribution >= 0.6 is 0 Å². The molecule has 0 bridgehead atoms. The van der Waals surface area contributed by atoms with Crippen LogP contribution < -0.4 is 0 Å². The summed E-state index contributed by atoms with van der Waals surface area (Å²) in [6, 6.07) is 13.0. The van der Waals surface area contributed by atoms with Crippen molar-refractivity contribution in [1.82, 2.24) is 9.88 Å². The number of pyridine rings is 1. The van der Waals surface area contributed by atoms with Gasteiger partial charge < -0.3 is 4.90 Å². The van der Waals surface area contributed by atoms with E-state index in [9.17, 15) is 13.2 Å². The molecule has 0 unspecified atom stereocenters. The van der Waals surface area contributed by atoms with Gasteiger partial charge in [0, 0.05) is 30.5 Å². The maximum atomic E-state index is 12.9. The molecule has 0 saturated carbocycles. The zero-order valence-corrected chi connectivity index (χ0v) is 14.2. The Kier molecular flexibility index (Phi) is 4.94. The van der Waals surface area contributed by atoms with E-state index in [2.05, 4.69) is 4.98 Å². The van der Waals surface area contributed by atoms with E-state index in [1.807, 2.05) is 30.3 Å². The SMILES string of the molecule is O=C(c1ccncc1)N(CCc1ccccc1)[C@H]1CCS(=O)(=O)C1. The molecule has 1 amide bonds. The van der Waals surface area contributed by atoms with Crippen LogP contribution in [-0.4, -0.2) is 48.3 Å². The lowest BCUT2D eigenvalue weighted by Gasteiger charge is -2.28. The van der Waals surface area contributed by atoms with E-state index in [0.717, 1.165) is 5.56 Å². The van der Waals surface area contributed by atoms with E-state index >= 15 is 0 Å². The number of benzene rings is 1. The molecule has 126 valence electrons. The van der Waals surface area contributed by atoms with Crippen molar-refractivity contribution in [3.05, 3.63) is 66.0 Å². The van der Waals surface area contributed by atoms with Crippen LogP contribution in [0.5, 0.6) is 0 Å². The standard InChI is InChI=1S/C18H20N2O3S/c21-18(16-6-10-19-11-7-16)20(17-9-13-24(22,23)14-17)12-8-15-4-2-1-3-5-15/h1-7,10-11,17H,8-9,12-14H2/t17-/m0/s1. The smallest absolute Gasteiger partial charge is 0.254 e. The molecule has 24 heavy (non-hydrogen) atoms. The number of rotatable bonds is 5. The van der Waals surface area contributed by atoms with Crippen LogP contribution in [0.25, 0.3) is 0 Å². The van der Waals surface area contributed by atoms with Gasteiger partial charge in [-0.3, -0.25) is 9.78 Å². The molecule has 1 aliphatic rings. The van der Waals surface area contributed by atoms with Gasteiger partial charge in [-0.1, -0.05) is 30.3 Å². The first-order valence-electron chi connectivity index (χ1n) is 8.00. The molecule has 6 heteroatoms. The van der Waals surface area contributed by atoms with Crippen LogP contribution in [0.15, 0.2) is 54.9 Å². The number of sulfone groups is 1. The number of carbonyl (C=O) groups excluding carboxylic acids is 1. The van der Waals surface area contributed by atoms with Gasteiger partial charge in [0.15, 0.2) is 9.84 Å². The fourth-order valence-corrected chi connectivity index (χ4v) is 4.76. The molecule has 1 aromatic heterocycles. The highest BCUT2D eigenvalue weighted by Crippen LogP contribution is 2.20. The topological polar surface area (TPSA) is 67.3 Å². The predicted molar refractivity (Wildman–Crippen MR) is 92.5 cm³/mol. The average molecular weight is 344 g/mol. The maximum absolute atomic E-state index is 12.9. The van der Waals surface area contributed by atoms with Crippen LogP contribution in [0.1, 0.15) is 22.3 Å². The first-order valence-corrected chi connectivity index (χ1v) is 9.83. The van der Waals surface area contributed by atoms with Crippen molar-refractivity contribution in [2.75, 3.05) is 18.1 Å². The van der Waals surface area contributed by atoms with Gasteiger partial charge in [-0.15, -0.1) is 0 Å². The molecule has 0 aliphatic carbocycles. The minimum absolute atomic E-state index is 0.0542. The predicted octanol–water partition coefficient (Wildman–Crippen LogP) is 1.95. The van der Waals surface area contributed by atoms with Crippen molar-refractivity contribution in [2.24, 2.45) is 0 Å². The van der Waals surface area contributed by atoms with Crippen LogP contribution in [-0.2, 0) is 16.3 Å². The molecule has 1 aromatic carbocycles. The molecule has 5 nitrogen and oxygen atoms in total. The monoisotopic (exact) mass is 344 g/mol. The normalized spacial score (nSPS) is 19.1. The highest BCUT2D eigenvalue weighted by molar-refractivity contribution is 7.91. The Morgan fingerprint density at radius 2 is 1.83 bits per heavy atom. The van der Waals surface area contributed by atoms with Gasteiger partial charge in [-0.25, -0.2) is 8.42 Å². The van der Waals surface area contributed by atoms with Crippen molar-refractivity contribution in [3.8, 4) is 0 Å². The Morgan fingerprint density at radius 3 is 2.46 bits per heavy atom. The van der Waals surface area contributed by atoms with E-state index in [1.54, 1.807) is 29.4 Å². The van der Waals surface area contributed by atoms with Crippen LogP contribution in [0.4, 0.5) is 0 Å². The molecule has 1 atom stereocenters. The third-order valence-electron chi connectivity index (χ3n) is 4.32. The first kappa shape index (κ1) is 16.6. The Hall–Kier alpha value is -2.21. The van der Waals surface area contributed by atoms with Gasteiger partial charge in [-0.2, -0.15) is 0 Å². The van der Waals surface area contributed by atoms with Crippen LogP contribution in [0, 0.1) is 0 Å². The lowest BCUT2D eigenvalue weighted by Crippen LogP contribution is -2.42. The summed E-state index contributed by atoms with van der Waals surface area (Å²) in [6.45, 7) is 0.505. The second kappa shape index (κ2) is 7.13. The molecule has 1 fully saturated rings. The molecule has 0 N–H and O–H groups in total. The number of nitrogens with zero attached hydrogens (tertiary/aromatic N) is 2. The lowest BCUT2D eigenvalue weighted by molar-refractivity contribution is 0.0699. The van der Waals surface area contributed by atoms with E-state index < -0.39 is 9.84 Å². The molecule has 0 radical (unpaired) electrons. The Bertz CT molecular complexity index is 792. The molecule has 2 aromatic rings. The molecular formula is C18H20N2O3S. The number of carbonyl (C=O) groups is 1. The molecular weight excluding hydrogens is 324 g/mol. The molecule has 3 rings (SSSR count). The molecule has 2 heterocycles.